The molecule has 6 nitrogen and oxygen atoms in total. The Bertz CT molecular complexity index is 1350. The Balaban J connectivity index is 1.34. The van der Waals surface area contributed by atoms with Crippen molar-refractivity contribution in [3.05, 3.63) is 71.1 Å². The van der Waals surface area contributed by atoms with Crippen molar-refractivity contribution in [3.63, 3.8) is 0 Å². The molecule has 33 heavy (non-hydrogen) atoms. The summed E-state index contributed by atoms with van der Waals surface area (Å²) in [7, 11) is 0. The van der Waals surface area contributed by atoms with Crippen LogP contribution in [0.1, 0.15) is 0 Å². The molecule has 5 rings (SSSR count). The second-order valence-electron chi connectivity index (χ2n) is 8.39. The van der Waals surface area contributed by atoms with Crippen LogP contribution < -0.4 is 15.6 Å². The summed E-state index contributed by atoms with van der Waals surface area (Å²) in [5.74, 6) is -0.207. The van der Waals surface area contributed by atoms with Crippen LogP contribution in [0.25, 0.3) is 29.6 Å². The van der Waals surface area contributed by atoms with Crippen LogP contribution >= 0.6 is 0 Å². The van der Waals surface area contributed by atoms with Gasteiger partial charge >= 0.3 is 0 Å². The zero-order valence-corrected chi connectivity index (χ0v) is 18.4. The summed E-state index contributed by atoms with van der Waals surface area (Å²) in [5, 5.41) is 24.1. The number of anilines is 1. The van der Waals surface area contributed by atoms with Crippen molar-refractivity contribution < 1.29 is 14.6 Å². The van der Waals surface area contributed by atoms with Gasteiger partial charge in [0, 0.05) is 45.0 Å². The van der Waals surface area contributed by atoms with E-state index < -0.39 is 0 Å². The lowest BCUT2D eigenvalue weighted by atomic mass is 10.2. The average Bonchev–Trinajstić information content (AvgIpc) is 3.24. The molecule has 1 aliphatic rings. The van der Waals surface area contributed by atoms with Gasteiger partial charge in [-0.05, 0) is 24.3 Å². The molecule has 4 aromatic rings. The molecule has 0 radical (unpaired) electrons. The van der Waals surface area contributed by atoms with E-state index in [1.807, 2.05) is 41.0 Å². The molecule has 0 unspecified atom stereocenters. The number of fused-ring (bicyclic) bond motifs is 1. The molecule has 0 amide bonds. The van der Waals surface area contributed by atoms with Crippen LogP contribution in [-0.4, -0.2) is 57.0 Å². The van der Waals surface area contributed by atoms with Crippen molar-refractivity contribution >= 4 is 29.6 Å². The number of para-hydroxylation sites is 2. The van der Waals surface area contributed by atoms with Crippen LogP contribution in [0.2, 0.25) is 0 Å². The van der Waals surface area contributed by atoms with E-state index in [4.69, 9.17) is 0 Å². The normalized spacial score (nSPS) is 14.9. The van der Waals surface area contributed by atoms with Crippen molar-refractivity contribution in [2.24, 2.45) is 0 Å². The predicted molar refractivity (Wildman–Crippen MR) is 130 cm³/mol. The number of aromatic nitrogens is 2. The molecule has 0 saturated carbocycles. The maximum absolute atomic E-state index is 14.1. The highest BCUT2D eigenvalue weighted by Gasteiger charge is 2.23. The second-order valence-corrected chi connectivity index (χ2v) is 8.39. The van der Waals surface area contributed by atoms with Crippen molar-refractivity contribution in [2.45, 2.75) is 6.54 Å². The van der Waals surface area contributed by atoms with Gasteiger partial charge in [0.25, 0.3) is 0 Å². The van der Waals surface area contributed by atoms with Gasteiger partial charge in [-0.15, -0.1) is 0 Å². The number of aromatic hydroxyl groups is 2. The Morgan fingerprint density at radius 1 is 0.758 bits per heavy atom. The first-order chi connectivity index (χ1) is 16.0. The number of hydrogen-bond donors (Lipinski definition) is 2. The van der Waals surface area contributed by atoms with E-state index in [2.05, 4.69) is 23.0 Å². The van der Waals surface area contributed by atoms with E-state index in [-0.39, 0.29) is 17.6 Å². The van der Waals surface area contributed by atoms with Gasteiger partial charge in [0.1, 0.15) is 5.82 Å². The molecule has 2 aromatic heterocycles. The van der Waals surface area contributed by atoms with Crippen molar-refractivity contribution in [3.8, 4) is 17.4 Å². The molecule has 170 valence electrons. The van der Waals surface area contributed by atoms with Crippen LogP contribution in [0.3, 0.4) is 0 Å². The number of piperazine rings is 1. The molecular formula is C26H27FN4O2. The van der Waals surface area contributed by atoms with E-state index in [0.29, 0.717) is 40.2 Å². The third-order valence-electron chi connectivity index (χ3n) is 6.55. The van der Waals surface area contributed by atoms with Gasteiger partial charge in [0.05, 0.1) is 27.2 Å². The molecule has 1 fully saturated rings. The Labute approximate surface area is 191 Å². The monoisotopic (exact) mass is 446 g/mol. The van der Waals surface area contributed by atoms with Crippen molar-refractivity contribution in [1.82, 2.24) is 14.0 Å². The van der Waals surface area contributed by atoms with Crippen LogP contribution in [0, 0.1) is 5.82 Å². The van der Waals surface area contributed by atoms with Crippen molar-refractivity contribution in [1.29, 1.82) is 0 Å². The van der Waals surface area contributed by atoms with Gasteiger partial charge in [-0.3, -0.25) is 9.47 Å². The molecule has 0 atom stereocenters. The first-order valence-electron chi connectivity index (χ1n) is 11.1. The Morgan fingerprint density at radius 2 is 1.33 bits per heavy atom. The standard InChI is InChI=1S/C26H27FN4O2/c1-18-23-24(19(2)31(18)20-8-4-3-5-9-20)26(33)30(25(23)32)17-14-28-12-15-29(16-13-28)22-11-7-6-10-21(22)27/h3-11,32-33H,1-2,12-17H2. The van der Waals surface area contributed by atoms with E-state index in [1.165, 1.54) is 10.6 Å². The third-order valence-corrected chi connectivity index (χ3v) is 6.55. The molecule has 0 spiro atoms. The Hall–Kier alpha value is -3.71. The average molecular weight is 447 g/mol. The predicted octanol–water partition coefficient (Wildman–Crippen LogP) is 2.63. The van der Waals surface area contributed by atoms with Crippen LogP contribution in [-0.2, 0) is 6.54 Å². The summed E-state index contributed by atoms with van der Waals surface area (Å²) in [5.41, 5.74) is 1.51. The maximum atomic E-state index is 14.1. The molecule has 7 heteroatoms. The zero-order chi connectivity index (χ0) is 23.1. The fourth-order valence-corrected chi connectivity index (χ4v) is 4.79. The highest BCUT2D eigenvalue weighted by Crippen LogP contribution is 2.32. The lowest BCUT2D eigenvalue weighted by Gasteiger charge is -2.36. The van der Waals surface area contributed by atoms with Gasteiger partial charge in [0.15, 0.2) is 0 Å². The van der Waals surface area contributed by atoms with E-state index in [0.717, 1.165) is 31.9 Å². The van der Waals surface area contributed by atoms with Gasteiger partial charge in [-0.2, -0.15) is 0 Å². The second kappa shape index (κ2) is 8.33. The summed E-state index contributed by atoms with van der Waals surface area (Å²) in [6, 6.07) is 16.5. The Morgan fingerprint density at radius 3 is 1.94 bits per heavy atom. The molecular weight excluding hydrogens is 419 g/mol. The topological polar surface area (TPSA) is 56.8 Å². The lowest BCUT2D eigenvalue weighted by Crippen LogP contribution is -2.47. The highest BCUT2D eigenvalue weighted by molar-refractivity contribution is 5.94. The summed E-state index contributed by atoms with van der Waals surface area (Å²) in [6.07, 6.45) is 0. The minimum atomic E-state index is -0.201. The molecule has 0 aliphatic carbocycles. The highest BCUT2D eigenvalue weighted by atomic mass is 19.1. The largest absolute Gasteiger partial charge is 0.494 e. The van der Waals surface area contributed by atoms with Gasteiger partial charge in [-0.25, -0.2) is 4.39 Å². The van der Waals surface area contributed by atoms with Gasteiger partial charge in [-0.1, -0.05) is 43.5 Å². The third kappa shape index (κ3) is 3.54. The fraction of sp³-hybridized carbons (Fsp3) is 0.231. The van der Waals surface area contributed by atoms with Crippen LogP contribution in [0.15, 0.2) is 54.6 Å². The van der Waals surface area contributed by atoms with Crippen molar-refractivity contribution in [2.75, 3.05) is 37.6 Å². The molecule has 0 bridgehead atoms. The summed E-state index contributed by atoms with van der Waals surface area (Å²) in [4.78, 5) is 4.30. The minimum Gasteiger partial charge on any atom is -0.494 e. The van der Waals surface area contributed by atoms with Gasteiger partial charge < -0.3 is 19.7 Å². The number of rotatable bonds is 5. The molecule has 1 saturated heterocycles. The van der Waals surface area contributed by atoms with E-state index >= 15 is 0 Å². The van der Waals surface area contributed by atoms with Crippen LogP contribution in [0.5, 0.6) is 11.8 Å². The quantitative estimate of drug-likeness (QED) is 0.495. The van der Waals surface area contributed by atoms with E-state index in [9.17, 15) is 14.6 Å². The number of hydrogen-bond acceptors (Lipinski definition) is 4. The summed E-state index contributed by atoms with van der Waals surface area (Å²) in [6.45, 7) is 12.4. The zero-order valence-electron chi connectivity index (χ0n) is 18.4. The molecule has 2 aromatic carbocycles. The van der Waals surface area contributed by atoms with Gasteiger partial charge in [0.2, 0.25) is 11.8 Å². The first kappa shape index (κ1) is 21.2. The van der Waals surface area contributed by atoms with E-state index in [1.54, 1.807) is 12.1 Å². The molecule has 1 aliphatic heterocycles. The number of benzene rings is 2. The SMILES string of the molecule is C=c1c2c(O)n(CCN3CCN(c4ccccc4F)CC3)c(O)c2c(=C)n1-c1ccccc1. The number of halogens is 1. The summed E-state index contributed by atoms with van der Waals surface area (Å²) < 4.78 is 17.4. The minimum absolute atomic E-state index is 0.00271. The lowest BCUT2D eigenvalue weighted by molar-refractivity contribution is 0.238. The Kier molecular flexibility index (Phi) is 5.34. The molecule has 3 heterocycles. The smallest absolute Gasteiger partial charge is 0.204 e. The summed E-state index contributed by atoms with van der Waals surface area (Å²) >= 11 is 0. The fourth-order valence-electron chi connectivity index (χ4n) is 4.79. The maximum Gasteiger partial charge on any atom is 0.204 e. The molecule has 2 N–H and O–H groups in total. The first-order valence-corrected chi connectivity index (χ1v) is 11.1. The van der Waals surface area contributed by atoms with Crippen LogP contribution in [0.4, 0.5) is 10.1 Å². The number of nitrogens with zero attached hydrogens (tertiary/aromatic N) is 4.